The zero-order valence-corrected chi connectivity index (χ0v) is 15.1. The first-order valence-electron chi connectivity index (χ1n) is 7.92. The van der Waals surface area contributed by atoms with Crippen molar-refractivity contribution in [3.8, 4) is 0 Å². The number of halogens is 1. The largest absolute Gasteiger partial charge is 0.347 e. The van der Waals surface area contributed by atoms with E-state index in [1.54, 1.807) is 0 Å². The lowest BCUT2D eigenvalue weighted by Crippen LogP contribution is -2.21. The summed E-state index contributed by atoms with van der Waals surface area (Å²) in [5, 5.41) is 5.70. The minimum absolute atomic E-state index is 0.0942. The van der Waals surface area contributed by atoms with Crippen molar-refractivity contribution in [3.63, 3.8) is 0 Å². The molecule has 0 saturated heterocycles. The van der Waals surface area contributed by atoms with Crippen molar-refractivity contribution in [1.82, 2.24) is 10.3 Å². The summed E-state index contributed by atoms with van der Waals surface area (Å²) >= 11 is 7.39. The van der Waals surface area contributed by atoms with E-state index >= 15 is 0 Å². The number of thiophene rings is 1. The molecule has 0 spiro atoms. The first kappa shape index (κ1) is 16.1. The van der Waals surface area contributed by atoms with Gasteiger partial charge in [0.25, 0.3) is 5.91 Å². The van der Waals surface area contributed by atoms with Crippen LogP contribution < -0.4 is 5.32 Å². The van der Waals surface area contributed by atoms with Crippen molar-refractivity contribution in [2.75, 3.05) is 0 Å². The van der Waals surface area contributed by atoms with Crippen LogP contribution in [0.2, 0.25) is 5.02 Å². The number of rotatable bonds is 3. The molecule has 0 unspecified atom stereocenters. The van der Waals surface area contributed by atoms with Crippen LogP contribution in [0.25, 0.3) is 21.1 Å². The van der Waals surface area contributed by atoms with E-state index in [1.165, 1.54) is 16.9 Å². The molecule has 4 rings (SSSR count). The monoisotopic (exact) mass is 366 g/mol. The van der Waals surface area contributed by atoms with E-state index in [1.807, 2.05) is 42.5 Å². The van der Waals surface area contributed by atoms with Crippen LogP contribution in [-0.4, -0.2) is 10.9 Å². The quantitative estimate of drug-likeness (QED) is 0.531. The second-order valence-electron chi connectivity index (χ2n) is 6.00. The summed E-state index contributed by atoms with van der Waals surface area (Å²) in [7, 11) is 0. The van der Waals surface area contributed by atoms with Crippen molar-refractivity contribution >= 4 is 50.0 Å². The van der Waals surface area contributed by atoms with Gasteiger partial charge in [-0.1, -0.05) is 35.4 Å². The maximum atomic E-state index is 12.5. The zero-order chi connectivity index (χ0) is 17.4. The first-order chi connectivity index (χ1) is 12.1. The lowest BCUT2D eigenvalue weighted by Gasteiger charge is -2.03. The Balaban J connectivity index is 1.60. The van der Waals surface area contributed by atoms with Gasteiger partial charge in [0.2, 0.25) is 0 Å². The van der Waals surface area contributed by atoms with Crippen LogP contribution in [0.3, 0.4) is 0 Å². The molecule has 0 aliphatic carbocycles. The Morgan fingerprint density at radius 3 is 2.84 bits per heavy atom. The van der Waals surface area contributed by atoms with Crippen LogP contribution >= 0.6 is 22.9 Å². The average Bonchev–Trinajstić information content (AvgIpc) is 3.00. The van der Waals surface area contributed by atoms with Crippen LogP contribution in [0.4, 0.5) is 0 Å². The summed E-state index contributed by atoms with van der Waals surface area (Å²) in [5.41, 5.74) is 3.12. The van der Waals surface area contributed by atoms with Crippen molar-refractivity contribution in [2.24, 2.45) is 0 Å². The van der Waals surface area contributed by atoms with E-state index in [0.29, 0.717) is 16.4 Å². The number of amides is 1. The molecule has 1 N–H and O–H groups in total. The van der Waals surface area contributed by atoms with E-state index in [4.69, 9.17) is 11.6 Å². The van der Waals surface area contributed by atoms with E-state index in [9.17, 15) is 4.79 Å². The lowest BCUT2D eigenvalue weighted by molar-refractivity contribution is 0.0955. The summed E-state index contributed by atoms with van der Waals surface area (Å²) in [5.74, 6) is -0.0942. The van der Waals surface area contributed by atoms with Gasteiger partial charge < -0.3 is 5.32 Å². The number of aryl methyl sites for hydroxylation is 1. The molecular weight excluding hydrogens is 352 g/mol. The van der Waals surface area contributed by atoms with Gasteiger partial charge in [-0.15, -0.1) is 11.3 Å². The maximum absolute atomic E-state index is 12.5. The van der Waals surface area contributed by atoms with Gasteiger partial charge in [0.1, 0.15) is 4.83 Å². The summed E-state index contributed by atoms with van der Waals surface area (Å²) in [6.45, 7) is 2.51. The number of carbonyl (C=O) groups excluding carboxylic acids is 1. The highest BCUT2D eigenvalue weighted by atomic mass is 35.5. The number of pyridine rings is 1. The van der Waals surface area contributed by atoms with Crippen molar-refractivity contribution < 1.29 is 4.79 Å². The van der Waals surface area contributed by atoms with Gasteiger partial charge in [0.05, 0.1) is 10.4 Å². The lowest BCUT2D eigenvalue weighted by atomic mass is 10.1. The predicted octanol–water partition coefficient (Wildman–Crippen LogP) is 5.34. The van der Waals surface area contributed by atoms with E-state index < -0.39 is 0 Å². The first-order valence-corrected chi connectivity index (χ1v) is 9.11. The van der Waals surface area contributed by atoms with Gasteiger partial charge in [-0.3, -0.25) is 4.79 Å². The number of hydrogen-bond donors (Lipinski definition) is 1. The fraction of sp³-hybridized carbons (Fsp3) is 0.100. The number of carbonyl (C=O) groups is 1. The minimum Gasteiger partial charge on any atom is -0.347 e. The highest BCUT2D eigenvalue weighted by Gasteiger charge is 2.12. The summed E-state index contributed by atoms with van der Waals surface area (Å²) in [6.07, 6.45) is 0. The van der Waals surface area contributed by atoms with Crippen LogP contribution in [0.1, 0.15) is 20.8 Å². The molecule has 2 aromatic carbocycles. The van der Waals surface area contributed by atoms with E-state index in [-0.39, 0.29) is 5.91 Å². The van der Waals surface area contributed by atoms with Gasteiger partial charge >= 0.3 is 0 Å². The van der Waals surface area contributed by atoms with Crippen LogP contribution in [-0.2, 0) is 6.54 Å². The number of aromatic nitrogens is 1. The topological polar surface area (TPSA) is 42.0 Å². The minimum atomic E-state index is -0.0942. The molecule has 3 nitrogen and oxygen atoms in total. The number of hydrogen-bond acceptors (Lipinski definition) is 3. The van der Waals surface area contributed by atoms with E-state index in [0.717, 1.165) is 26.7 Å². The molecule has 25 heavy (non-hydrogen) atoms. The van der Waals surface area contributed by atoms with Gasteiger partial charge in [-0.2, -0.15) is 0 Å². The highest BCUT2D eigenvalue weighted by Crippen LogP contribution is 2.28. The molecule has 0 aliphatic heterocycles. The van der Waals surface area contributed by atoms with Gasteiger partial charge in [-0.05, 0) is 48.9 Å². The average molecular weight is 367 g/mol. The van der Waals surface area contributed by atoms with Crippen molar-refractivity contribution in [1.29, 1.82) is 0 Å². The Hall–Kier alpha value is -2.43. The SMILES string of the molecule is Cc1ccc2nc3sc(C(=O)NCc4cccc(Cl)c4)cc3cc2c1. The smallest absolute Gasteiger partial charge is 0.261 e. The van der Waals surface area contributed by atoms with Gasteiger partial charge in [-0.25, -0.2) is 4.98 Å². The van der Waals surface area contributed by atoms with Crippen LogP contribution in [0.5, 0.6) is 0 Å². The number of nitrogens with zero attached hydrogens (tertiary/aromatic N) is 1. The fourth-order valence-electron chi connectivity index (χ4n) is 2.78. The third-order valence-corrected chi connectivity index (χ3v) is 5.30. The predicted molar refractivity (Wildman–Crippen MR) is 104 cm³/mol. The molecule has 5 heteroatoms. The maximum Gasteiger partial charge on any atom is 0.261 e. The molecule has 0 bridgehead atoms. The fourth-order valence-corrected chi connectivity index (χ4v) is 3.93. The molecule has 2 heterocycles. The molecule has 0 atom stereocenters. The standard InChI is InChI=1S/C20H15ClN2OS/c1-12-5-6-17-14(7-12)9-15-10-18(25-20(15)23-17)19(24)22-11-13-3-2-4-16(21)8-13/h2-10H,11H2,1H3,(H,22,24). The molecule has 0 fully saturated rings. The van der Waals surface area contributed by atoms with Crippen LogP contribution in [0, 0.1) is 6.92 Å². The number of benzene rings is 2. The Kier molecular flexibility index (Phi) is 4.15. The molecule has 124 valence electrons. The molecule has 0 radical (unpaired) electrons. The number of fused-ring (bicyclic) bond motifs is 2. The van der Waals surface area contributed by atoms with E-state index in [2.05, 4.69) is 29.4 Å². The molecule has 0 aliphatic rings. The molecule has 2 aromatic heterocycles. The molecule has 1 amide bonds. The second-order valence-corrected chi connectivity index (χ2v) is 7.47. The van der Waals surface area contributed by atoms with Crippen molar-refractivity contribution in [2.45, 2.75) is 13.5 Å². The molecular formula is C20H15ClN2OS. The van der Waals surface area contributed by atoms with Crippen molar-refractivity contribution in [3.05, 3.63) is 75.6 Å². The third kappa shape index (κ3) is 3.36. The zero-order valence-electron chi connectivity index (χ0n) is 13.5. The summed E-state index contributed by atoms with van der Waals surface area (Å²) in [6, 6.07) is 17.7. The normalized spacial score (nSPS) is 11.1. The Morgan fingerprint density at radius 1 is 1.12 bits per heavy atom. The molecule has 0 saturated carbocycles. The summed E-state index contributed by atoms with van der Waals surface area (Å²) < 4.78 is 0. The second kappa shape index (κ2) is 6.47. The molecule has 4 aromatic rings. The summed E-state index contributed by atoms with van der Waals surface area (Å²) in [4.78, 5) is 18.7. The Labute approximate surface area is 154 Å². The van der Waals surface area contributed by atoms with Crippen LogP contribution in [0.15, 0.2) is 54.6 Å². The third-order valence-electron chi connectivity index (χ3n) is 4.02. The van der Waals surface area contributed by atoms with Gasteiger partial charge in [0.15, 0.2) is 0 Å². The van der Waals surface area contributed by atoms with Gasteiger partial charge in [0, 0.05) is 22.3 Å². The Morgan fingerprint density at radius 2 is 2.00 bits per heavy atom. The highest BCUT2D eigenvalue weighted by molar-refractivity contribution is 7.20. The Bertz CT molecular complexity index is 1100. The number of nitrogens with one attached hydrogen (secondary N) is 1.